The van der Waals surface area contributed by atoms with Crippen molar-refractivity contribution in [1.29, 1.82) is 0 Å². The van der Waals surface area contributed by atoms with E-state index in [9.17, 15) is 99.1 Å². The van der Waals surface area contributed by atoms with Gasteiger partial charge in [0.15, 0.2) is 0 Å². The Morgan fingerprint density at radius 3 is 0.881 bits per heavy atom. The Labute approximate surface area is 761 Å². The van der Waals surface area contributed by atoms with E-state index in [0.29, 0.717) is 92.0 Å². The number of nitrogens with one attached hydrogen (secondary N) is 10. The first-order valence-electron chi connectivity index (χ1n) is 41.9. The van der Waals surface area contributed by atoms with Crippen LogP contribution in [0.25, 0.3) is 0 Å². The Kier molecular flexibility index (Phi) is 23.9. The fourth-order valence-corrected chi connectivity index (χ4v) is 16.8. The molecule has 5 aromatic carbocycles. The first-order valence-corrected chi connectivity index (χ1v) is 41.9. The van der Waals surface area contributed by atoms with Gasteiger partial charge < -0.3 is 41.3 Å². The molecule has 0 aromatic heterocycles. The van der Waals surface area contributed by atoms with Gasteiger partial charge in [0.1, 0.15) is 30.2 Å². The zero-order chi connectivity index (χ0) is 96.2. The summed E-state index contributed by atoms with van der Waals surface area (Å²) in [5.74, 6) is -4.74. The maximum Gasteiger partial charge on any atom is 0.357 e. The average molecular weight is 1840 g/mol. The van der Waals surface area contributed by atoms with Gasteiger partial charge in [0.05, 0.1) is 67.8 Å². The van der Waals surface area contributed by atoms with Crippen LogP contribution in [0, 0.1) is 61.7 Å². The highest BCUT2D eigenvalue weighted by molar-refractivity contribution is 6.27. The van der Waals surface area contributed by atoms with E-state index in [1.807, 2.05) is 12.1 Å². The lowest BCUT2D eigenvalue weighted by Crippen LogP contribution is -2.54. The summed E-state index contributed by atoms with van der Waals surface area (Å²) in [6, 6.07) is 20.7. The van der Waals surface area contributed by atoms with E-state index in [-0.39, 0.29) is 128 Å². The van der Waals surface area contributed by atoms with Crippen LogP contribution in [0.4, 0.5) is 46.0 Å². The van der Waals surface area contributed by atoms with Gasteiger partial charge in [-0.1, -0.05) is 30.3 Å². The number of nitrogens with zero attached hydrogens (tertiary/aromatic N) is 15. The highest BCUT2D eigenvalue weighted by Crippen LogP contribution is 2.47. The van der Waals surface area contributed by atoms with Crippen LogP contribution in [0.1, 0.15) is 166 Å². The Bertz CT molecular complexity index is 6480. The molecule has 5 atom stereocenters. The zero-order valence-corrected chi connectivity index (χ0v) is 70.7. The lowest BCUT2D eigenvalue weighted by atomic mass is 10.0. The largest absolute Gasteiger partial charge is 0.380 e. The van der Waals surface area contributed by atoms with Crippen molar-refractivity contribution in [2.24, 2.45) is 51.1 Å². The molecule has 135 heavy (non-hydrogen) atoms. The highest BCUT2D eigenvalue weighted by atomic mass is 19.3. The molecule has 5 unspecified atom stereocenters. The number of halogens is 4. The van der Waals surface area contributed by atoms with Gasteiger partial charge in [-0.25, -0.2) is 0 Å². The molecule has 0 radical (unpaired) electrons. The van der Waals surface area contributed by atoms with Crippen molar-refractivity contribution in [1.82, 2.24) is 51.1 Å². The molecule has 0 aliphatic carbocycles. The van der Waals surface area contributed by atoms with Gasteiger partial charge in [-0.3, -0.25) is 118 Å². The third-order valence-corrected chi connectivity index (χ3v) is 24.5. The Hall–Kier alpha value is -17.0. The number of piperidine rings is 5. The molecule has 5 fully saturated rings. The summed E-state index contributed by atoms with van der Waals surface area (Å²) in [5, 5.41) is 63.3. The quantitative estimate of drug-likeness (QED) is 0.0229. The van der Waals surface area contributed by atoms with Crippen molar-refractivity contribution >= 4 is 129 Å². The molecule has 10 N–H and O–H groups in total. The normalized spacial score (nSPS) is 22.6. The number of hydrogen-bond acceptors (Lipinski definition) is 32. The minimum atomic E-state index is -3.61. The molecule has 0 bridgehead atoms. The summed E-state index contributed by atoms with van der Waals surface area (Å²) in [6.45, 7) is 1.05. The van der Waals surface area contributed by atoms with Gasteiger partial charge >= 0.3 is 11.8 Å². The van der Waals surface area contributed by atoms with E-state index in [2.05, 4.69) is 122 Å². The number of fused-ring (bicyclic) bond motifs is 5. The molecule has 46 heteroatoms. The molecule has 20 rings (SSSR count). The van der Waals surface area contributed by atoms with Crippen LogP contribution in [-0.2, 0) is 67.6 Å². The van der Waals surface area contributed by atoms with E-state index < -0.39 is 142 Å². The Balaban J connectivity index is 0.000000123. The molecule has 15 aliphatic rings. The molecule has 0 saturated carbocycles. The minimum absolute atomic E-state index is 0.00810. The van der Waals surface area contributed by atoms with Crippen molar-refractivity contribution in [2.75, 3.05) is 59.3 Å². The number of anilines is 5. The molecule has 5 aromatic rings. The fraction of sp³-hybridized carbons (Fsp3) is 0.360. The van der Waals surface area contributed by atoms with Crippen LogP contribution >= 0.6 is 0 Å². The number of amides is 17. The van der Waals surface area contributed by atoms with Gasteiger partial charge in [-0.2, -0.15) is 38.0 Å². The number of carbonyl (C=O) groups is 17. The van der Waals surface area contributed by atoms with Gasteiger partial charge in [-0.15, -0.1) is 74.6 Å². The maximum atomic E-state index is 13.8. The number of terminal acetylenes is 5. The van der Waals surface area contributed by atoms with Gasteiger partial charge in [0.2, 0.25) is 70.4 Å². The topological polar surface area (TPSA) is 550 Å². The first-order chi connectivity index (χ1) is 64.5. The van der Waals surface area contributed by atoms with Crippen molar-refractivity contribution in [3.63, 3.8) is 0 Å². The minimum Gasteiger partial charge on any atom is -0.380 e. The van der Waals surface area contributed by atoms with Crippen molar-refractivity contribution in [3.8, 4) is 61.7 Å². The van der Waals surface area contributed by atoms with Crippen molar-refractivity contribution in [2.45, 2.75) is 167 Å². The third-order valence-electron chi connectivity index (χ3n) is 24.5. The molecular weight excluding hydrogens is 1770 g/mol. The first kappa shape index (κ1) is 91.3. The Morgan fingerprint density at radius 1 is 0.333 bits per heavy atom. The van der Waals surface area contributed by atoms with Gasteiger partial charge in [0, 0.05) is 114 Å². The summed E-state index contributed by atoms with van der Waals surface area (Å²) >= 11 is 0. The summed E-state index contributed by atoms with van der Waals surface area (Å²) in [4.78, 5) is 213. The lowest BCUT2D eigenvalue weighted by Gasteiger charge is -2.29. The molecule has 686 valence electrons. The van der Waals surface area contributed by atoms with Crippen molar-refractivity contribution < 1.29 is 99.1 Å². The number of alkyl halides is 4. The van der Waals surface area contributed by atoms with Crippen LogP contribution in [0.2, 0.25) is 0 Å². The molecule has 42 nitrogen and oxygen atoms in total. The summed E-state index contributed by atoms with van der Waals surface area (Å²) in [7, 11) is 0. The summed E-state index contributed by atoms with van der Waals surface area (Å²) in [5.41, 5.74) is 0.498. The van der Waals surface area contributed by atoms with Crippen LogP contribution in [0.15, 0.2) is 142 Å². The van der Waals surface area contributed by atoms with E-state index in [1.165, 1.54) is 50.8 Å². The number of benzene rings is 5. The monoisotopic (exact) mass is 1840 g/mol. The lowest BCUT2D eigenvalue weighted by molar-refractivity contribution is -0.138. The molecule has 15 heterocycles. The molecule has 15 aliphatic heterocycles. The number of imide groups is 7. The Morgan fingerprint density at radius 2 is 0.607 bits per heavy atom. The second-order valence-corrected chi connectivity index (χ2v) is 33.1. The van der Waals surface area contributed by atoms with E-state index >= 15 is 0 Å². The van der Waals surface area contributed by atoms with Crippen LogP contribution in [-0.4, -0.2) is 228 Å². The van der Waals surface area contributed by atoms with Crippen LogP contribution in [0.5, 0.6) is 0 Å². The predicted octanol–water partition coefficient (Wildman–Crippen LogP) is 4.61. The number of hydrogen-bond donors (Lipinski definition) is 10. The third kappa shape index (κ3) is 17.7. The molecule has 5 saturated heterocycles. The van der Waals surface area contributed by atoms with E-state index in [0.717, 1.165) is 32.3 Å². The zero-order valence-electron chi connectivity index (χ0n) is 70.7. The highest BCUT2D eigenvalue weighted by Gasteiger charge is 2.63. The molecule has 0 spiro atoms. The summed E-state index contributed by atoms with van der Waals surface area (Å²) < 4.78 is 55.3. The van der Waals surface area contributed by atoms with Gasteiger partial charge in [0.25, 0.3) is 58.3 Å². The average Bonchev–Trinajstić information content (AvgIpc) is 1.59. The molecule has 17 amide bonds. The van der Waals surface area contributed by atoms with E-state index in [4.69, 9.17) is 32.1 Å². The fourth-order valence-electron chi connectivity index (χ4n) is 16.8. The van der Waals surface area contributed by atoms with Crippen molar-refractivity contribution in [3.05, 3.63) is 147 Å². The number of carbonyl (C=O) groups excluding carboxylic acids is 17. The summed E-state index contributed by atoms with van der Waals surface area (Å²) in [6.07, 6.45) is 28.3. The predicted molar refractivity (Wildman–Crippen MR) is 457 cm³/mol. The van der Waals surface area contributed by atoms with E-state index in [1.54, 1.807) is 54.6 Å². The smallest absolute Gasteiger partial charge is 0.357 e. The second kappa shape index (κ2) is 35.4. The van der Waals surface area contributed by atoms with Crippen LogP contribution < -0.4 is 53.2 Å². The number of rotatable bonds is 24. The SMILES string of the molecule is C#CC(F)(F)C1(CNc2cccc3c2C(=O)N(C2CCC(=O)NC2=O)C3=O)N=N1.C#CC(F)(F)C1(CNc2cccc3c2CN(C2CCC(=O)NC2=O)C3=O)N=N1.C#CC1(CNc2cccc3c2CN(C2CCC(=O)NC2=O)C3=O)N=N1.C#CCC1(CNc2cccc3c2C(=O)N(C2CCC(=O)NC2=O)C3=O)N=N1.C#CCC1(CNc2cccc3c2CN(C2CCC(=O)NC2=O)C3=O)N=N1. The maximum absolute atomic E-state index is 13.8. The van der Waals surface area contributed by atoms with Crippen LogP contribution in [0.3, 0.4) is 0 Å². The standard InChI is InChI=1S/C18H13F2N5O4.C18H15F2N5O3.C18H15N5O4.C18H17N5O3.C17H15N5O3/c1-2-17(19,20)18(23-24-18)8-21-10-5-3-4-9-13(10)16(29)25(15(9)28)11-6-7-12(26)22-14(11)27;1-2-17(19,20)18(23-24-18)9-21-12-5-3-4-10-11(12)8-25(16(10)28)13-6-7-14(26)22-15(13)27;1-2-8-18(21-22-18)9-19-11-5-3-4-10-14(11)17(27)23(16(10)26)12-6-7-13(24)20-15(12)25;1-2-8-18(21-22-18)10-19-13-5-3-4-11-12(13)9-23(17(11)26)14-6-7-15(24)20-16(14)25;1-2-17(20-21-17)9-18-12-5-3-4-10-11(12)8-22(16(10)25)13-6-7-14(23)19-15(13)24/h1,3-5,11,21H,6-8H2,(H,22,26,27);1,3-5,13,21H,6-9H2,(H,22,26,27);1,3-5,12,19H,6-9H2,(H,20,24,25);1,3-5,14,19H,6-10H2,(H,20,24,25);1,3-5,13,18H,6-9H2,(H,19,23,24). The second-order valence-electron chi connectivity index (χ2n) is 33.1. The molecular formula is C89H75F4N25O17. The van der Waals surface area contributed by atoms with Gasteiger partial charge in [-0.05, 0) is 111 Å².